The van der Waals surface area contributed by atoms with E-state index in [1.54, 1.807) is 12.1 Å². The van der Waals surface area contributed by atoms with Crippen molar-refractivity contribution >= 4 is 34.2 Å². The lowest BCUT2D eigenvalue weighted by Crippen LogP contribution is -2.31. The zero-order chi connectivity index (χ0) is 12.4. The highest BCUT2D eigenvalue weighted by molar-refractivity contribution is 14.1. The lowest BCUT2D eigenvalue weighted by molar-refractivity contribution is 0.715. The molecule has 0 radical (unpaired) electrons. The fourth-order valence-electron chi connectivity index (χ4n) is 1.39. The number of nitrogens with one attached hydrogen (secondary N) is 1. The van der Waals surface area contributed by atoms with Crippen LogP contribution in [0.2, 0.25) is 5.02 Å². The Labute approximate surface area is 115 Å². The molecule has 0 aliphatic rings. The van der Waals surface area contributed by atoms with E-state index < -0.39 is 5.69 Å². The lowest BCUT2D eigenvalue weighted by Gasteiger charge is -2.05. The zero-order valence-electron chi connectivity index (χ0n) is 8.61. The van der Waals surface area contributed by atoms with Crippen molar-refractivity contribution < 1.29 is 0 Å². The standard InChI is InChI=1S/C11H8ClIN2O2/c12-8-3-1-7(2-4-8)5-15-6-9(13)10(16)14-11(15)17/h1-4,6H,5H2,(H,14,16,17). The van der Waals surface area contributed by atoms with Crippen LogP contribution in [-0.2, 0) is 6.54 Å². The van der Waals surface area contributed by atoms with Gasteiger partial charge in [0.05, 0.1) is 10.1 Å². The summed E-state index contributed by atoms with van der Waals surface area (Å²) in [7, 11) is 0. The number of halogens is 2. The molecule has 17 heavy (non-hydrogen) atoms. The van der Waals surface area contributed by atoms with Gasteiger partial charge in [-0.05, 0) is 40.3 Å². The first-order chi connectivity index (χ1) is 8.06. The Balaban J connectivity index is 2.36. The molecule has 2 rings (SSSR count). The summed E-state index contributed by atoms with van der Waals surface area (Å²) < 4.78 is 1.93. The predicted molar refractivity (Wildman–Crippen MR) is 74.6 cm³/mol. The van der Waals surface area contributed by atoms with E-state index in [4.69, 9.17) is 11.6 Å². The van der Waals surface area contributed by atoms with Crippen molar-refractivity contribution in [2.45, 2.75) is 6.54 Å². The van der Waals surface area contributed by atoms with Gasteiger partial charge in [-0.3, -0.25) is 14.3 Å². The van der Waals surface area contributed by atoms with Gasteiger partial charge in [0.25, 0.3) is 5.56 Å². The molecule has 1 heterocycles. The molecule has 1 aromatic carbocycles. The molecule has 1 aromatic heterocycles. The maximum atomic E-state index is 11.5. The quantitative estimate of drug-likeness (QED) is 0.829. The van der Waals surface area contributed by atoms with E-state index in [1.165, 1.54) is 10.8 Å². The minimum absolute atomic E-state index is 0.358. The normalized spacial score (nSPS) is 10.5. The Morgan fingerprint density at radius 3 is 2.53 bits per heavy atom. The van der Waals surface area contributed by atoms with Gasteiger partial charge in [-0.1, -0.05) is 23.7 Å². The van der Waals surface area contributed by atoms with E-state index in [2.05, 4.69) is 4.98 Å². The monoisotopic (exact) mass is 362 g/mol. The number of benzene rings is 1. The molecule has 6 heteroatoms. The molecule has 0 saturated carbocycles. The maximum Gasteiger partial charge on any atom is 0.328 e. The number of nitrogens with zero attached hydrogens (tertiary/aromatic N) is 1. The third kappa shape index (κ3) is 2.98. The van der Waals surface area contributed by atoms with Gasteiger partial charge >= 0.3 is 5.69 Å². The second kappa shape index (κ2) is 5.05. The van der Waals surface area contributed by atoms with Crippen LogP contribution in [0.4, 0.5) is 0 Å². The van der Waals surface area contributed by atoms with Crippen LogP contribution in [-0.4, -0.2) is 9.55 Å². The minimum atomic E-state index is -0.412. The molecule has 0 unspecified atom stereocenters. The summed E-state index contributed by atoms with van der Waals surface area (Å²) >= 11 is 7.66. The van der Waals surface area contributed by atoms with Gasteiger partial charge in [0.2, 0.25) is 0 Å². The number of rotatable bonds is 2. The minimum Gasteiger partial charge on any atom is -0.295 e. The van der Waals surface area contributed by atoms with Crippen LogP contribution >= 0.6 is 34.2 Å². The Bertz CT molecular complexity index is 646. The van der Waals surface area contributed by atoms with Gasteiger partial charge < -0.3 is 0 Å². The topological polar surface area (TPSA) is 54.9 Å². The summed E-state index contributed by atoms with van der Waals surface area (Å²) in [5.41, 5.74) is 0.174. The van der Waals surface area contributed by atoms with E-state index in [1.807, 2.05) is 34.7 Å². The Kier molecular flexibility index (Phi) is 3.68. The van der Waals surface area contributed by atoms with Gasteiger partial charge in [0.1, 0.15) is 0 Å². The van der Waals surface area contributed by atoms with Gasteiger partial charge in [-0.25, -0.2) is 4.79 Å². The molecule has 0 aliphatic heterocycles. The molecule has 1 N–H and O–H groups in total. The number of aromatic amines is 1. The second-order valence-corrected chi connectivity index (χ2v) is 5.09. The molecular weight excluding hydrogens is 354 g/mol. The van der Waals surface area contributed by atoms with Crippen molar-refractivity contribution in [3.05, 3.63) is 65.5 Å². The molecule has 4 nitrogen and oxygen atoms in total. The molecule has 0 atom stereocenters. The largest absolute Gasteiger partial charge is 0.328 e. The third-order valence-electron chi connectivity index (χ3n) is 2.23. The van der Waals surface area contributed by atoms with Crippen molar-refractivity contribution in [3.8, 4) is 0 Å². The van der Waals surface area contributed by atoms with Crippen LogP contribution in [0, 0.1) is 3.57 Å². The van der Waals surface area contributed by atoms with Crippen molar-refractivity contribution in [1.82, 2.24) is 9.55 Å². The highest BCUT2D eigenvalue weighted by atomic mass is 127. The van der Waals surface area contributed by atoms with Gasteiger partial charge in [-0.15, -0.1) is 0 Å². The smallest absolute Gasteiger partial charge is 0.295 e. The Morgan fingerprint density at radius 1 is 1.24 bits per heavy atom. The second-order valence-electron chi connectivity index (χ2n) is 3.49. The first-order valence-electron chi connectivity index (χ1n) is 4.80. The van der Waals surface area contributed by atoms with Crippen molar-refractivity contribution in [2.24, 2.45) is 0 Å². The Morgan fingerprint density at radius 2 is 1.88 bits per heavy atom. The van der Waals surface area contributed by atoms with E-state index in [0.29, 0.717) is 15.1 Å². The van der Waals surface area contributed by atoms with Crippen molar-refractivity contribution in [3.63, 3.8) is 0 Å². The first kappa shape index (κ1) is 12.4. The summed E-state index contributed by atoms with van der Waals surface area (Å²) in [5.74, 6) is 0. The van der Waals surface area contributed by atoms with E-state index >= 15 is 0 Å². The summed E-state index contributed by atoms with van der Waals surface area (Å²) in [5, 5.41) is 0.650. The summed E-state index contributed by atoms with van der Waals surface area (Å²) in [4.78, 5) is 25.0. The molecular formula is C11H8ClIN2O2. The van der Waals surface area contributed by atoms with Crippen molar-refractivity contribution in [1.29, 1.82) is 0 Å². The molecule has 0 spiro atoms. The van der Waals surface area contributed by atoms with Gasteiger partial charge in [0, 0.05) is 11.2 Å². The summed E-state index contributed by atoms with van der Waals surface area (Å²) in [6, 6.07) is 7.20. The zero-order valence-corrected chi connectivity index (χ0v) is 11.5. The SMILES string of the molecule is O=c1[nH]c(=O)n(Cc2ccc(Cl)cc2)cc1I. The van der Waals surface area contributed by atoms with Crippen LogP contribution in [0.15, 0.2) is 40.1 Å². The average molecular weight is 363 g/mol. The number of aromatic nitrogens is 2. The van der Waals surface area contributed by atoms with E-state index in [0.717, 1.165) is 5.56 Å². The van der Waals surface area contributed by atoms with Crippen LogP contribution in [0.3, 0.4) is 0 Å². The molecule has 2 aromatic rings. The maximum absolute atomic E-state index is 11.5. The van der Waals surface area contributed by atoms with Crippen LogP contribution in [0.25, 0.3) is 0 Å². The number of hydrogen-bond acceptors (Lipinski definition) is 2. The van der Waals surface area contributed by atoms with Crippen molar-refractivity contribution in [2.75, 3.05) is 0 Å². The molecule has 88 valence electrons. The highest BCUT2D eigenvalue weighted by Gasteiger charge is 2.02. The molecule has 0 fully saturated rings. The van der Waals surface area contributed by atoms with Gasteiger partial charge in [0.15, 0.2) is 0 Å². The van der Waals surface area contributed by atoms with Gasteiger partial charge in [-0.2, -0.15) is 0 Å². The average Bonchev–Trinajstić information content (AvgIpc) is 2.29. The number of H-pyrrole nitrogens is 1. The van der Waals surface area contributed by atoms with Crippen LogP contribution in [0.5, 0.6) is 0 Å². The summed E-state index contributed by atoms with van der Waals surface area (Å²) in [6.07, 6.45) is 1.54. The molecule has 0 aliphatic carbocycles. The highest BCUT2D eigenvalue weighted by Crippen LogP contribution is 2.10. The van der Waals surface area contributed by atoms with Crippen LogP contribution in [0.1, 0.15) is 5.56 Å². The van der Waals surface area contributed by atoms with E-state index in [-0.39, 0.29) is 5.56 Å². The molecule has 0 saturated heterocycles. The molecule has 0 bridgehead atoms. The Hall–Kier alpha value is -1.08. The third-order valence-corrected chi connectivity index (χ3v) is 3.25. The van der Waals surface area contributed by atoms with Crippen LogP contribution < -0.4 is 11.2 Å². The summed E-state index contributed by atoms with van der Waals surface area (Å²) in [6.45, 7) is 0.406. The predicted octanol–water partition coefficient (Wildman–Crippen LogP) is 1.84. The first-order valence-corrected chi connectivity index (χ1v) is 6.25. The van der Waals surface area contributed by atoms with E-state index in [9.17, 15) is 9.59 Å². The fraction of sp³-hybridized carbons (Fsp3) is 0.0909. The number of hydrogen-bond donors (Lipinski definition) is 1. The lowest BCUT2D eigenvalue weighted by atomic mass is 10.2. The molecule has 0 amide bonds. The fourth-order valence-corrected chi connectivity index (χ4v) is 1.98.